The summed E-state index contributed by atoms with van der Waals surface area (Å²) in [6.45, 7) is 9.89. The zero-order valence-electron chi connectivity index (χ0n) is 11.8. The Morgan fingerprint density at radius 2 is 1.89 bits per heavy atom. The summed E-state index contributed by atoms with van der Waals surface area (Å²) in [5, 5.41) is 4.75. The normalized spacial score (nSPS) is 17.1. The SMILES string of the molecule is CC(C)(C)c1cnc2ccc(N3CCOCC3)nn12. The van der Waals surface area contributed by atoms with Gasteiger partial charge in [-0.2, -0.15) is 0 Å². The summed E-state index contributed by atoms with van der Waals surface area (Å²) in [5.41, 5.74) is 2.08. The second-order valence-corrected chi connectivity index (χ2v) is 5.95. The summed E-state index contributed by atoms with van der Waals surface area (Å²) in [6.07, 6.45) is 1.92. The van der Waals surface area contributed by atoms with Crippen LogP contribution in [-0.2, 0) is 10.2 Å². The second kappa shape index (κ2) is 4.49. The molecule has 102 valence electrons. The molecule has 5 nitrogen and oxygen atoms in total. The summed E-state index contributed by atoms with van der Waals surface area (Å²) in [7, 11) is 0. The minimum absolute atomic E-state index is 0.0377. The van der Waals surface area contributed by atoms with E-state index in [1.807, 2.05) is 22.8 Å². The van der Waals surface area contributed by atoms with E-state index in [1.54, 1.807) is 0 Å². The predicted octanol–water partition coefficient (Wildman–Crippen LogP) is 1.86. The zero-order chi connectivity index (χ0) is 13.5. The van der Waals surface area contributed by atoms with Crippen molar-refractivity contribution in [3.8, 4) is 0 Å². The van der Waals surface area contributed by atoms with Crippen molar-refractivity contribution in [3.05, 3.63) is 24.0 Å². The lowest BCUT2D eigenvalue weighted by Crippen LogP contribution is -2.37. The van der Waals surface area contributed by atoms with Gasteiger partial charge in [0.2, 0.25) is 0 Å². The van der Waals surface area contributed by atoms with Crippen LogP contribution in [0.4, 0.5) is 5.82 Å². The Labute approximate surface area is 113 Å². The molecule has 0 N–H and O–H groups in total. The monoisotopic (exact) mass is 260 g/mol. The first-order chi connectivity index (χ1) is 9.05. The molecular weight excluding hydrogens is 240 g/mol. The van der Waals surface area contributed by atoms with E-state index < -0.39 is 0 Å². The maximum atomic E-state index is 5.38. The fourth-order valence-corrected chi connectivity index (χ4v) is 2.34. The Hall–Kier alpha value is -1.62. The molecule has 1 fully saturated rings. The van der Waals surface area contributed by atoms with E-state index in [1.165, 1.54) is 0 Å². The first-order valence-corrected chi connectivity index (χ1v) is 6.74. The number of hydrogen-bond donors (Lipinski definition) is 0. The van der Waals surface area contributed by atoms with Crippen LogP contribution < -0.4 is 4.90 Å². The molecule has 0 unspecified atom stereocenters. The molecule has 5 heteroatoms. The van der Waals surface area contributed by atoms with Crippen molar-refractivity contribution in [3.63, 3.8) is 0 Å². The average Bonchev–Trinajstić information content (AvgIpc) is 2.82. The summed E-state index contributed by atoms with van der Waals surface area (Å²) in [5.74, 6) is 0.999. The molecule has 0 spiro atoms. The highest BCUT2D eigenvalue weighted by Crippen LogP contribution is 2.23. The van der Waals surface area contributed by atoms with Crippen molar-refractivity contribution in [1.29, 1.82) is 0 Å². The molecule has 0 aliphatic carbocycles. The molecule has 2 aromatic rings. The van der Waals surface area contributed by atoms with Crippen LogP contribution in [0.5, 0.6) is 0 Å². The van der Waals surface area contributed by atoms with Gasteiger partial charge < -0.3 is 9.64 Å². The fourth-order valence-electron chi connectivity index (χ4n) is 2.34. The van der Waals surface area contributed by atoms with Crippen molar-refractivity contribution in [2.45, 2.75) is 26.2 Å². The van der Waals surface area contributed by atoms with Gasteiger partial charge in [-0.25, -0.2) is 9.50 Å². The van der Waals surface area contributed by atoms with E-state index in [4.69, 9.17) is 9.84 Å². The molecule has 0 amide bonds. The number of nitrogens with zero attached hydrogens (tertiary/aromatic N) is 4. The van der Waals surface area contributed by atoms with Crippen molar-refractivity contribution in [2.75, 3.05) is 31.2 Å². The van der Waals surface area contributed by atoms with E-state index >= 15 is 0 Å². The van der Waals surface area contributed by atoms with Crippen LogP contribution in [-0.4, -0.2) is 40.9 Å². The first-order valence-electron chi connectivity index (χ1n) is 6.74. The quantitative estimate of drug-likeness (QED) is 0.785. The van der Waals surface area contributed by atoms with Crippen LogP contribution in [0.3, 0.4) is 0 Å². The molecule has 0 aromatic carbocycles. The molecule has 0 bridgehead atoms. The largest absolute Gasteiger partial charge is 0.378 e. The predicted molar refractivity (Wildman–Crippen MR) is 74.7 cm³/mol. The van der Waals surface area contributed by atoms with Gasteiger partial charge in [0.05, 0.1) is 25.1 Å². The number of imidazole rings is 1. The number of rotatable bonds is 1. The minimum Gasteiger partial charge on any atom is -0.378 e. The summed E-state index contributed by atoms with van der Waals surface area (Å²) in [6, 6.07) is 4.08. The van der Waals surface area contributed by atoms with E-state index in [9.17, 15) is 0 Å². The lowest BCUT2D eigenvalue weighted by Gasteiger charge is -2.28. The van der Waals surface area contributed by atoms with Crippen molar-refractivity contribution < 1.29 is 4.74 Å². The van der Waals surface area contributed by atoms with Gasteiger partial charge in [0, 0.05) is 18.5 Å². The molecule has 3 rings (SSSR count). The Kier molecular flexibility index (Phi) is 2.93. The Morgan fingerprint density at radius 3 is 2.58 bits per heavy atom. The molecule has 1 aliphatic rings. The zero-order valence-corrected chi connectivity index (χ0v) is 11.8. The molecule has 3 heterocycles. The van der Waals surface area contributed by atoms with E-state index in [-0.39, 0.29) is 5.41 Å². The van der Waals surface area contributed by atoms with E-state index in [0.717, 1.165) is 43.5 Å². The third-order valence-corrected chi connectivity index (χ3v) is 3.45. The number of fused-ring (bicyclic) bond motifs is 1. The van der Waals surface area contributed by atoms with Crippen LogP contribution in [0, 0.1) is 0 Å². The molecule has 0 atom stereocenters. The highest BCUT2D eigenvalue weighted by atomic mass is 16.5. The van der Waals surface area contributed by atoms with Gasteiger partial charge in [-0.1, -0.05) is 20.8 Å². The Morgan fingerprint density at radius 1 is 1.16 bits per heavy atom. The van der Waals surface area contributed by atoms with Crippen molar-refractivity contribution >= 4 is 11.5 Å². The molecular formula is C14H20N4O. The molecule has 2 aromatic heterocycles. The van der Waals surface area contributed by atoms with Gasteiger partial charge in [0.1, 0.15) is 5.82 Å². The molecule has 19 heavy (non-hydrogen) atoms. The molecule has 0 radical (unpaired) electrons. The van der Waals surface area contributed by atoms with Crippen molar-refractivity contribution in [1.82, 2.24) is 14.6 Å². The van der Waals surface area contributed by atoms with Crippen LogP contribution >= 0.6 is 0 Å². The molecule has 1 aliphatic heterocycles. The van der Waals surface area contributed by atoms with E-state index in [0.29, 0.717) is 0 Å². The molecule has 1 saturated heterocycles. The van der Waals surface area contributed by atoms with Gasteiger partial charge in [-0.05, 0) is 12.1 Å². The lowest BCUT2D eigenvalue weighted by molar-refractivity contribution is 0.122. The van der Waals surface area contributed by atoms with Crippen LogP contribution in [0.15, 0.2) is 18.3 Å². The van der Waals surface area contributed by atoms with Crippen LogP contribution in [0.2, 0.25) is 0 Å². The van der Waals surface area contributed by atoms with Crippen molar-refractivity contribution in [2.24, 2.45) is 0 Å². The first kappa shape index (κ1) is 12.4. The van der Waals surface area contributed by atoms with Gasteiger partial charge >= 0.3 is 0 Å². The Bertz CT molecular complexity index is 579. The maximum Gasteiger partial charge on any atom is 0.153 e. The summed E-state index contributed by atoms with van der Waals surface area (Å²) >= 11 is 0. The Balaban J connectivity index is 2.03. The fraction of sp³-hybridized carbons (Fsp3) is 0.571. The maximum absolute atomic E-state index is 5.38. The van der Waals surface area contributed by atoms with Gasteiger partial charge in [0.15, 0.2) is 5.65 Å². The average molecular weight is 260 g/mol. The number of morpholine rings is 1. The topological polar surface area (TPSA) is 42.7 Å². The van der Waals surface area contributed by atoms with Gasteiger partial charge in [-0.15, -0.1) is 5.10 Å². The summed E-state index contributed by atoms with van der Waals surface area (Å²) in [4.78, 5) is 6.69. The molecule has 0 saturated carbocycles. The third-order valence-electron chi connectivity index (χ3n) is 3.45. The van der Waals surface area contributed by atoms with Crippen LogP contribution in [0.25, 0.3) is 5.65 Å². The third kappa shape index (κ3) is 2.30. The minimum atomic E-state index is 0.0377. The van der Waals surface area contributed by atoms with E-state index in [2.05, 4.69) is 30.7 Å². The number of ether oxygens (including phenoxy) is 1. The number of anilines is 1. The van der Waals surface area contributed by atoms with Gasteiger partial charge in [-0.3, -0.25) is 0 Å². The second-order valence-electron chi connectivity index (χ2n) is 5.95. The highest BCUT2D eigenvalue weighted by molar-refractivity contribution is 5.47. The highest BCUT2D eigenvalue weighted by Gasteiger charge is 2.20. The van der Waals surface area contributed by atoms with Gasteiger partial charge in [0.25, 0.3) is 0 Å². The standard InChI is InChI=1S/C14H20N4O/c1-14(2,3)11-10-15-12-4-5-13(16-18(11)12)17-6-8-19-9-7-17/h4-5,10H,6-9H2,1-3H3. The van der Waals surface area contributed by atoms with Crippen LogP contribution in [0.1, 0.15) is 26.5 Å². The summed E-state index contributed by atoms with van der Waals surface area (Å²) < 4.78 is 7.35. The number of hydrogen-bond acceptors (Lipinski definition) is 4. The number of aromatic nitrogens is 3. The smallest absolute Gasteiger partial charge is 0.153 e. The lowest BCUT2D eigenvalue weighted by atomic mass is 9.93.